The highest BCUT2D eigenvalue weighted by Crippen LogP contribution is 2.39. The van der Waals surface area contributed by atoms with Crippen LogP contribution < -0.4 is 10.6 Å². The predicted molar refractivity (Wildman–Crippen MR) is 92.5 cm³/mol. The number of halogens is 1. The van der Waals surface area contributed by atoms with Gasteiger partial charge in [0.1, 0.15) is 16.5 Å². The topological polar surface area (TPSA) is 76.3 Å². The van der Waals surface area contributed by atoms with Gasteiger partial charge in [0.25, 0.3) is 5.91 Å². The number of rotatable bonds is 3. The first-order valence-electron chi connectivity index (χ1n) is 8.26. The van der Waals surface area contributed by atoms with E-state index < -0.39 is 11.2 Å². The number of piperazine rings is 1. The third kappa shape index (κ3) is 2.35. The van der Waals surface area contributed by atoms with Crippen molar-refractivity contribution in [3.8, 4) is 0 Å². The van der Waals surface area contributed by atoms with E-state index in [4.69, 9.17) is 11.6 Å². The van der Waals surface area contributed by atoms with Crippen LogP contribution in [-0.2, 0) is 24.9 Å². The van der Waals surface area contributed by atoms with Gasteiger partial charge >= 0.3 is 5.69 Å². The first-order chi connectivity index (χ1) is 11.9. The molecular weight excluding hydrogens is 344 g/mol. The number of nitrogens with zero attached hydrogens (tertiary/aromatic N) is 6. The van der Waals surface area contributed by atoms with Gasteiger partial charge in [-0.25, -0.2) is 4.79 Å². The average Bonchev–Trinajstić information content (AvgIpc) is 3.13. The maximum Gasteiger partial charge on any atom is 0.350 e. The van der Waals surface area contributed by atoms with E-state index in [1.54, 1.807) is 21.5 Å². The molecule has 4 heterocycles. The molecule has 2 aromatic rings. The van der Waals surface area contributed by atoms with E-state index in [0.717, 1.165) is 5.56 Å². The molecule has 0 N–H and O–H groups in total. The van der Waals surface area contributed by atoms with Gasteiger partial charge in [-0.05, 0) is 6.42 Å². The van der Waals surface area contributed by atoms with Crippen LogP contribution in [0.1, 0.15) is 18.9 Å². The standard InChI is InChI=1S/C16H19ClN6O2/c1-3-16-10-22-13(6-12(17)19-15(22)25)23(16)5-4-21(14(16)24)9-11-7-18-20(2)8-11/h6-8H,3-5,9-10H2,1-2H3/t16-/m1/s1. The average molecular weight is 363 g/mol. The molecule has 0 radical (unpaired) electrons. The van der Waals surface area contributed by atoms with Gasteiger partial charge in [0, 0.05) is 44.5 Å². The lowest BCUT2D eigenvalue weighted by atomic mass is 9.90. The summed E-state index contributed by atoms with van der Waals surface area (Å²) in [6, 6.07) is 1.67. The lowest BCUT2D eigenvalue weighted by Crippen LogP contribution is -2.64. The molecule has 4 rings (SSSR count). The normalized spacial score (nSPS) is 22.3. The number of anilines is 1. The van der Waals surface area contributed by atoms with Crippen molar-refractivity contribution >= 4 is 23.3 Å². The van der Waals surface area contributed by atoms with Crippen molar-refractivity contribution in [3.05, 3.63) is 39.7 Å². The number of aromatic nitrogens is 4. The summed E-state index contributed by atoms with van der Waals surface area (Å²) in [4.78, 5) is 33.2. The van der Waals surface area contributed by atoms with Gasteiger partial charge in [-0.15, -0.1) is 0 Å². The summed E-state index contributed by atoms with van der Waals surface area (Å²) < 4.78 is 3.28. The summed E-state index contributed by atoms with van der Waals surface area (Å²) in [5.74, 6) is 0.713. The second kappa shape index (κ2) is 5.59. The summed E-state index contributed by atoms with van der Waals surface area (Å²) in [6.07, 6.45) is 4.29. The van der Waals surface area contributed by atoms with Crippen LogP contribution in [-0.4, -0.2) is 48.8 Å². The zero-order valence-corrected chi connectivity index (χ0v) is 14.9. The van der Waals surface area contributed by atoms with Crippen LogP contribution in [0.25, 0.3) is 0 Å². The van der Waals surface area contributed by atoms with Crippen LogP contribution >= 0.6 is 11.6 Å². The lowest BCUT2D eigenvalue weighted by Gasteiger charge is -2.45. The number of fused-ring (bicyclic) bond motifs is 3. The molecule has 8 nitrogen and oxygen atoms in total. The third-order valence-electron chi connectivity index (χ3n) is 5.17. The van der Waals surface area contributed by atoms with Crippen molar-refractivity contribution in [1.29, 1.82) is 0 Å². The Bertz CT molecular complexity index is 906. The molecule has 2 aliphatic heterocycles. The number of amides is 1. The van der Waals surface area contributed by atoms with E-state index in [1.165, 1.54) is 0 Å². The highest BCUT2D eigenvalue weighted by atomic mass is 35.5. The molecule has 0 bridgehead atoms. The van der Waals surface area contributed by atoms with Gasteiger partial charge in [-0.1, -0.05) is 18.5 Å². The Balaban J connectivity index is 1.69. The fraction of sp³-hybridized carbons (Fsp3) is 0.500. The molecule has 1 amide bonds. The number of aryl methyl sites for hydroxylation is 1. The summed E-state index contributed by atoms with van der Waals surface area (Å²) in [6.45, 7) is 4.05. The SMILES string of the molecule is CC[C@]12Cn3c(cc(Cl)nc3=O)N1CCN(Cc1cnn(C)c1)C2=O. The Kier molecular flexibility index (Phi) is 3.61. The lowest BCUT2D eigenvalue weighted by molar-refractivity contribution is -0.140. The quantitative estimate of drug-likeness (QED) is 0.749. The first kappa shape index (κ1) is 16.1. The Hall–Kier alpha value is -2.35. The van der Waals surface area contributed by atoms with E-state index >= 15 is 0 Å². The van der Waals surface area contributed by atoms with E-state index in [9.17, 15) is 9.59 Å². The van der Waals surface area contributed by atoms with Crippen molar-refractivity contribution in [3.63, 3.8) is 0 Å². The van der Waals surface area contributed by atoms with Crippen LogP contribution in [0.5, 0.6) is 0 Å². The molecule has 9 heteroatoms. The molecule has 0 aromatic carbocycles. The van der Waals surface area contributed by atoms with Crippen molar-refractivity contribution in [2.45, 2.75) is 32.0 Å². The van der Waals surface area contributed by atoms with Crippen LogP contribution in [0.15, 0.2) is 23.3 Å². The predicted octanol–water partition coefficient (Wildman–Crippen LogP) is 0.641. The molecule has 25 heavy (non-hydrogen) atoms. The minimum absolute atomic E-state index is 0.0318. The molecule has 0 aliphatic carbocycles. The molecule has 1 atom stereocenters. The number of hydrogen-bond acceptors (Lipinski definition) is 5. The van der Waals surface area contributed by atoms with Crippen molar-refractivity contribution in [1.82, 2.24) is 24.2 Å². The second-order valence-electron chi connectivity index (χ2n) is 6.59. The van der Waals surface area contributed by atoms with Gasteiger partial charge in [0.15, 0.2) is 0 Å². The monoisotopic (exact) mass is 362 g/mol. The maximum atomic E-state index is 13.3. The minimum Gasteiger partial charge on any atom is -0.340 e. The third-order valence-corrected chi connectivity index (χ3v) is 5.36. The molecule has 2 aliphatic rings. The molecule has 2 aromatic heterocycles. The van der Waals surface area contributed by atoms with Crippen LogP contribution in [0.2, 0.25) is 5.15 Å². The molecule has 132 valence electrons. The van der Waals surface area contributed by atoms with Crippen molar-refractivity contribution in [2.24, 2.45) is 7.05 Å². The number of carbonyl (C=O) groups excluding carboxylic acids is 1. The Morgan fingerprint density at radius 3 is 2.80 bits per heavy atom. The van der Waals surface area contributed by atoms with Crippen LogP contribution in [0, 0.1) is 0 Å². The van der Waals surface area contributed by atoms with Crippen molar-refractivity contribution < 1.29 is 4.79 Å². The van der Waals surface area contributed by atoms with E-state index in [-0.39, 0.29) is 11.1 Å². The minimum atomic E-state index is -0.751. The second-order valence-corrected chi connectivity index (χ2v) is 6.98. The van der Waals surface area contributed by atoms with Gasteiger partial charge in [-0.2, -0.15) is 10.1 Å². The van der Waals surface area contributed by atoms with E-state index in [1.807, 2.05) is 30.0 Å². The first-order valence-corrected chi connectivity index (χ1v) is 8.64. The van der Waals surface area contributed by atoms with E-state index in [2.05, 4.69) is 10.1 Å². The van der Waals surface area contributed by atoms with Gasteiger partial charge < -0.3 is 9.80 Å². The van der Waals surface area contributed by atoms with Crippen molar-refractivity contribution in [2.75, 3.05) is 18.0 Å². The van der Waals surface area contributed by atoms with Gasteiger partial charge in [-0.3, -0.25) is 14.0 Å². The molecule has 0 unspecified atom stereocenters. The molecule has 0 saturated carbocycles. The zero-order chi connectivity index (χ0) is 17.8. The summed E-state index contributed by atoms with van der Waals surface area (Å²) in [5, 5.41) is 4.33. The van der Waals surface area contributed by atoms with Gasteiger partial charge in [0.2, 0.25) is 0 Å². The Labute approximate surface area is 149 Å². The summed E-state index contributed by atoms with van der Waals surface area (Å²) in [5.41, 5.74) is -0.164. The number of hydrogen-bond donors (Lipinski definition) is 0. The van der Waals surface area contributed by atoms with Crippen LogP contribution in [0.4, 0.5) is 5.82 Å². The zero-order valence-electron chi connectivity index (χ0n) is 14.1. The summed E-state index contributed by atoms with van der Waals surface area (Å²) in [7, 11) is 1.85. The van der Waals surface area contributed by atoms with E-state index in [0.29, 0.717) is 38.4 Å². The maximum absolute atomic E-state index is 13.3. The smallest absolute Gasteiger partial charge is 0.340 e. The molecule has 1 saturated heterocycles. The summed E-state index contributed by atoms with van der Waals surface area (Å²) >= 11 is 5.97. The van der Waals surface area contributed by atoms with Crippen LogP contribution in [0.3, 0.4) is 0 Å². The molecular formula is C16H19ClN6O2. The number of carbonyl (C=O) groups is 1. The molecule has 0 spiro atoms. The fourth-order valence-electron chi connectivity index (χ4n) is 3.91. The highest BCUT2D eigenvalue weighted by Gasteiger charge is 2.53. The largest absolute Gasteiger partial charge is 0.350 e. The van der Waals surface area contributed by atoms with Gasteiger partial charge in [0.05, 0.1) is 12.7 Å². The molecule has 1 fully saturated rings. The fourth-order valence-corrected chi connectivity index (χ4v) is 4.08. The highest BCUT2D eigenvalue weighted by molar-refractivity contribution is 6.29. The Morgan fingerprint density at radius 2 is 2.12 bits per heavy atom. The Morgan fingerprint density at radius 1 is 1.32 bits per heavy atom.